The van der Waals surface area contributed by atoms with Crippen LogP contribution in [0.25, 0.3) is 0 Å². The van der Waals surface area contributed by atoms with Crippen LogP contribution in [0.5, 0.6) is 0 Å². The fourth-order valence-electron chi connectivity index (χ4n) is 1.97. The van der Waals surface area contributed by atoms with E-state index in [-0.39, 0.29) is 21.7 Å². The van der Waals surface area contributed by atoms with Gasteiger partial charge in [0.2, 0.25) is 0 Å². The molecule has 5 heteroatoms. The number of aliphatic hydroxyl groups excluding tert-OH is 1. The van der Waals surface area contributed by atoms with Crippen molar-refractivity contribution in [3.8, 4) is 0 Å². The predicted molar refractivity (Wildman–Crippen MR) is 71.3 cm³/mol. The summed E-state index contributed by atoms with van der Waals surface area (Å²) in [5, 5.41) is 10.1. The molecule has 0 saturated carbocycles. The Balaban J connectivity index is 2.60. The van der Waals surface area contributed by atoms with Crippen LogP contribution < -0.4 is 0 Å². The monoisotopic (exact) mass is 300 g/mol. The van der Waals surface area contributed by atoms with Gasteiger partial charge in [-0.25, -0.2) is 13.2 Å². The summed E-state index contributed by atoms with van der Waals surface area (Å²) in [6, 6.07) is 4.64. The van der Waals surface area contributed by atoms with Crippen molar-refractivity contribution >= 4 is 11.6 Å². The number of halogens is 4. The highest BCUT2D eigenvalue weighted by molar-refractivity contribution is 6.31. The Morgan fingerprint density at radius 2 is 1.65 bits per heavy atom. The molecule has 2 aromatic rings. The lowest BCUT2D eigenvalue weighted by Gasteiger charge is -2.16. The van der Waals surface area contributed by atoms with E-state index in [1.54, 1.807) is 0 Å². The van der Waals surface area contributed by atoms with Gasteiger partial charge in [0.05, 0.1) is 5.56 Å². The van der Waals surface area contributed by atoms with Gasteiger partial charge in [-0.2, -0.15) is 0 Å². The molecule has 1 unspecified atom stereocenters. The molecule has 0 fully saturated rings. The van der Waals surface area contributed by atoms with E-state index in [1.807, 2.05) is 0 Å². The molecule has 0 spiro atoms. The number of hydrogen-bond donors (Lipinski definition) is 1. The summed E-state index contributed by atoms with van der Waals surface area (Å²) >= 11 is 5.85. The summed E-state index contributed by atoms with van der Waals surface area (Å²) in [5.74, 6) is -2.26. The third-order valence-corrected chi connectivity index (χ3v) is 3.49. The summed E-state index contributed by atoms with van der Waals surface area (Å²) in [4.78, 5) is 0. The first kappa shape index (κ1) is 14.9. The van der Waals surface area contributed by atoms with Crippen LogP contribution in [0.2, 0.25) is 5.02 Å². The maximum absolute atomic E-state index is 14.0. The number of aliphatic hydroxyl groups is 1. The summed E-state index contributed by atoms with van der Waals surface area (Å²) in [6.07, 6.45) is -1.60. The molecule has 0 saturated heterocycles. The molecule has 0 aromatic heterocycles. The third kappa shape index (κ3) is 2.53. The molecule has 106 valence electrons. The van der Waals surface area contributed by atoms with Crippen LogP contribution in [-0.2, 0) is 0 Å². The quantitative estimate of drug-likeness (QED) is 0.868. The molecule has 2 aromatic carbocycles. The van der Waals surface area contributed by atoms with Gasteiger partial charge in [-0.3, -0.25) is 0 Å². The molecule has 1 N–H and O–H groups in total. The normalized spacial score (nSPS) is 12.6. The molecule has 2 rings (SSSR count). The zero-order valence-electron chi connectivity index (χ0n) is 10.8. The molecule has 0 amide bonds. The van der Waals surface area contributed by atoms with Crippen LogP contribution in [0.15, 0.2) is 24.3 Å². The largest absolute Gasteiger partial charge is 0.383 e. The van der Waals surface area contributed by atoms with Crippen LogP contribution in [0.3, 0.4) is 0 Å². The van der Waals surface area contributed by atoms with E-state index < -0.39 is 29.1 Å². The van der Waals surface area contributed by atoms with E-state index in [2.05, 4.69) is 0 Å². The third-order valence-electron chi connectivity index (χ3n) is 3.17. The number of rotatable bonds is 2. The van der Waals surface area contributed by atoms with E-state index in [1.165, 1.54) is 26.0 Å². The van der Waals surface area contributed by atoms with Gasteiger partial charge in [-0.05, 0) is 43.2 Å². The van der Waals surface area contributed by atoms with Crippen LogP contribution >= 0.6 is 11.6 Å². The van der Waals surface area contributed by atoms with Crippen LogP contribution in [0.4, 0.5) is 13.2 Å². The minimum absolute atomic E-state index is 0.0639. The van der Waals surface area contributed by atoms with E-state index in [4.69, 9.17) is 11.6 Å². The first-order valence-corrected chi connectivity index (χ1v) is 6.28. The molecule has 0 radical (unpaired) electrons. The maximum Gasteiger partial charge on any atom is 0.135 e. The Labute approximate surface area is 119 Å². The number of aryl methyl sites for hydroxylation is 2. The van der Waals surface area contributed by atoms with Crippen molar-refractivity contribution in [2.24, 2.45) is 0 Å². The minimum atomic E-state index is -1.60. The lowest BCUT2D eigenvalue weighted by atomic mass is 9.97. The first-order chi connectivity index (χ1) is 9.32. The van der Waals surface area contributed by atoms with Gasteiger partial charge in [0.1, 0.15) is 23.6 Å². The van der Waals surface area contributed by atoms with E-state index in [0.717, 1.165) is 12.1 Å². The highest BCUT2D eigenvalue weighted by Gasteiger charge is 2.23. The first-order valence-electron chi connectivity index (χ1n) is 5.91. The zero-order valence-corrected chi connectivity index (χ0v) is 11.6. The topological polar surface area (TPSA) is 20.2 Å². The molecule has 0 aliphatic heterocycles. The van der Waals surface area contributed by atoms with Crippen molar-refractivity contribution in [3.63, 3.8) is 0 Å². The minimum Gasteiger partial charge on any atom is -0.383 e. The van der Waals surface area contributed by atoms with Crippen molar-refractivity contribution in [1.82, 2.24) is 0 Å². The van der Waals surface area contributed by atoms with Crippen molar-refractivity contribution in [2.75, 3.05) is 0 Å². The highest BCUT2D eigenvalue weighted by Crippen LogP contribution is 2.33. The van der Waals surface area contributed by atoms with Crippen molar-refractivity contribution in [3.05, 3.63) is 69.0 Å². The summed E-state index contributed by atoms with van der Waals surface area (Å²) < 4.78 is 41.1. The molecule has 0 aliphatic rings. The second kappa shape index (κ2) is 5.46. The Morgan fingerprint density at radius 1 is 1.00 bits per heavy atom. The summed E-state index contributed by atoms with van der Waals surface area (Å²) in [7, 11) is 0. The van der Waals surface area contributed by atoms with E-state index >= 15 is 0 Å². The van der Waals surface area contributed by atoms with E-state index in [0.29, 0.717) is 0 Å². The summed E-state index contributed by atoms with van der Waals surface area (Å²) in [6.45, 7) is 2.94. The fourth-order valence-corrected chi connectivity index (χ4v) is 2.23. The molecule has 1 atom stereocenters. The maximum atomic E-state index is 14.0. The highest BCUT2D eigenvalue weighted by atomic mass is 35.5. The Hall–Kier alpha value is -1.52. The molecule has 0 heterocycles. The molecular formula is C15H12ClF3O. The average Bonchev–Trinajstić information content (AvgIpc) is 2.38. The Bertz CT molecular complexity index is 671. The standard InChI is InChI=1S/C15H12ClF3O/c1-7-3-4-11(17)13(14(7)19)15(20)9-5-8(2)12(18)6-10(9)16/h3-6,15,20H,1-2H3. The molecular weight excluding hydrogens is 289 g/mol. The predicted octanol–water partition coefficient (Wildman–Crippen LogP) is 4.46. The fraction of sp³-hybridized carbons (Fsp3) is 0.200. The second-order valence-electron chi connectivity index (χ2n) is 4.62. The molecule has 0 bridgehead atoms. The molecule has 20 heavy (non-hydrogen) atoms. The van der Waals surface area contributed by atoms with Gasteiger partial charge in [0.25, 0.3) is 0 Å². The Morgan fingerprint density at radius 3 is 2.30 bits per heavy atom. The van der Waals surface area contributed by atoms with Gasteiger partial charge in [0, 0.05) is 10.6 Å². The second-order valence-corrected chi connectivity index (χ2v) is 5.02. The smallest absolute Gasteiger partial charge is 0.135 e. The van der Waals surface area contributed by atoms with Crippen molar-refractivity contribution in [2.45, 2.75) is 20.0 Å². The van der Waals surface area contributed by atoms with Crippen molar-refractivity contribution in [1.29, 1.82) is 0 Å². The van der Waals surface area contributed by atoms with Crippen LogP contribution in [0, 0.1) is 31.3 Å². The summed E-state index contributed by atoms with van der Waals surface area (Å²) in [5.41, 5.74) is 0.0131. The molecule has 1 nitrogen and oxygen atoms in total. The van der Waals surface area contributed by atoms with Crippen LogP contribution in [-0.4, -0.2) is 5.11 Å². The number of hydrogen-bond acceptors (Lipinski definition) is 1. The molecule has 0 aliphatic carbocycles. The van der Waals surface area contributed by atoms with Gasteiger partial charge >= 0.3 is 0 Å². The lowest BCUT2D eigenvalue weighted by Crippen LogP contribution is -2.08. The lowest BCUT2D eigenvalue weighted by molar-refractivity contribution is 0.208. The average molecular weight is 301 g/mol. The van der Waals surface area contributed by atoms with E-state index in [9.17, 15) is 18.3 Å². The van der Waals surface area contributed by atoms with Gasteiger partial charge in [-0.1, -0.05) is 17.7 Å². The van der Waals surface area contributed by atoms with Crippen LogP contribution in [0.1, 0.15) is 28.4 Å². The van der Waals surface area contributed by atoms with Crippen molar-refractivity contribution < 1.29 is 18.3 Å². The van der Waals surface area contributed by atoms with Gasteiger partial charge in [-0.15, -0.1) is 0 Å². The van der Waals surface area contributed by atoms with Gasteiger partial charge in [0.15, 0.2) is 0 Å². The number of benzene rings is 2. The zero-order chi connectivity index (χ0) is 15.0. The SMILES string of the molecule is Cc1cc(C(O)c2c(F)ccc(C)c2F)c(Cl)cc1F. The Kier molecular flexibility index (Phi) is 4.06. The van der Waals surface area contributed by atoms with Gasteiger partial charge < -0.3 is 5.11 Å².